The number of rotatable bonds is 4. The molecule has 0 radical (unpaired) electrons. The van der Waals surface area contributed by atoms with Crippen LogP contribution in [0.2, 0.25) is 0 Å². The number of hydrogen-bond donors (Lipinski definition) is 0. The zero-order valence-corrected chi connectivity index (χ0v) is 6.56. The van der Waals surface area contributed by atoms with Crippen LogP contribution in [0.1, 0.15) is 32.6 Å². The molecule has 0 nitrogen and oxygen atoms in total. The largest absolute Gasteiger partial charge is 0.120 e. The van der Waals surface area contributed by atoms with Crippen LogP contribution in [0.15, 0.2) is 0 Å². The van der Waals surface area contributed by atoms with Gasteiger partial charge in [0.2, 0.25) is 0 Å². The van der Waals surface area contributed by atoms with Crippen molar-refractivity contribution in [2.45, 2.75) is 32.6 Å². The fourth-order valence-corrected chi connectivity index (χ4v) is 1.02. The van der Waals surface area contributed by atoms with E-state index in [2.05, 4.69) is 18.8 Å². The van der Waals surface area contributed by atoms with Crippen LogP contribution in [0.5, 0.6) is 0 Å². The van der Waals surface area contributed by atoms with Crippen LogP contribution in [0, 0.1) is 30.6 Å². The Morgan fingerprint density at radius 2 is 1.70 bits per heavy atom. The molecule has 0 spiro atoms. The fourth-order valence-electron chi connectivity index (χ4n) is 1.02. The first kappa shape index (κ1) is 9.12. The molecule has 0 heteroatoms. The normalized spacial score (nSPS) is 8.80. The molecule has 0 atom stereocenters. The van der Waals surface area contributed by atoms with Crippen LogP contribution in [0.25, 0.3) is 0 Å². The molecule has 0 amide bonds. The predicted molar refractivity (Wildman–Crippen MR) is 45.3 cm³/mol. The predicted octanol–water partition coefficient (Wildman–Crippen LogP) is 2.45. The second kappa shape index (κ2) is 6.24. The van der Waals surface area contributed by atoms with E-state index in [1.54, 1.807) is 0 Å². The van der Waals surface area contributed by atoms with Crippen molar-refractivity contribution in [3.63, 3.8) is 0 Å². The molecule has 0 fully saturated rings. The molecule has 0 aromatic heterocycles. The monoisotopic (exact) mass is 134 g/mol. The van der Waals surface area contributed by atoms with Gasteiger partial charge in [-0.05, 0) is 12.3 Å². The summed E-state index contributed by atoms with van der Waals surface area (Å²) in [5.41, 5.74) is 0. The maximum Gasteiger partial charge on any atom is 0.0123 e. The zero-order valence-electron chi connectivity index (χ0n) is 6.56. The van der Waals surface area contributed by atoms with Crippen LogP contribution in [0.4, 0.5) is 0 Å². The molecule has 0 bridgehead atoms. The van der Waals surface area contributed by atoms with E-state index in [0.717, 1.165) is 19.3 Å². The van der Waals surface area contributed by atoms with Gasteiger partial charge in [-0.3, -0.25) is 0 Å². The molecule has 54 valence electrons. The molecule has 0 saturated carbocycles. The number of terminal acetylenes is 2. The lowest BCUT2D eigenvalue weighted by Gasteiger charge is -2.07. The Hall–Kier alpha value is -0.880. The molecule has 0 heterocycles. The first-order chi connectivity index (χ1) is 4.85. The Bertz CT molecular complexity index is 126. The summed E-state index contributed by atoms with van der Waals surface area (Å²) in [5.74, 6) is 5.84. The van der Waals surface area contributed by atoms with Gasteiger partial charge in [-0.1, -0.05) is 13.3 Å². The van der Waals surface area contributed by atoms with Crippen LogP contribution in [-0.2, 0) is 0 Å². The summed E-state index contributed by atoms with van der Waals surface area (Å²) in [6, 6.07) is 0. The summed E-state index contributed by atoms with van der Waals surface area (Å²) < 4.78 is 0. The molecule has 0 rings (SSSR count). The van der Waals surface area contributed by atoms with Gasteiger partial charge in [-0.25, -0.2) is 0 Å². The van der Waals surface area contributed by atoms with Crippen molar-refractivity contribution in [2.75, 3.05) is 0 Å². The minimum Gasteiger partial charge on any atom is -0.120 e. The van der Waals surface area contributed by atoms with Gasteiger partial charge in [0.05, 0.1) is 0 Å². The summed E-state index contributed by atoms with van der Waals surface area (Å²) in [6.45, 7) is 2.15. The van der Waals surface area contributed by atoms with E-state index in [9.17, 15) is 0 Å². The third kappa shape index (κ3) is 4.04. The maximum absolute atomic E-state index is 5.17. The Morgan fingerprint density at radius 3 is 2.00 bits per heavy atom. The van der Waals surface area contributed by atoms with Gasteiger partial charge in [0, 0.05) is 12.8 Å². The third-order valence-electron chi connectivity index (χ3n) is 1.51. The molecule has 0 N–H and O–H groups in total. The van der Waals surface area contributed by atoms with Gasteiger partial charge in [0.25, 0.3) is 0 Å². The van der Waals surface area contributed by atoms with E-state index in [-0.39, 0.29) is 0 Å². The second-order valence-electron chi connectivity index (χ2n) is 2.47. The Kier molecular flexibility index (Phi) is 5.69. The summed E-state index contributed by atoms with van der Waals surface area (Å²) in [7, 11) is 0. The van der Waals surface area contributed by atoms with Crippen LogP contribution in [0.3, 0.4) is 0 Å². The van der Waals surface area contributed by atoms with Crippen LogP contribution in [-0.4, -0.2) is 0 Å². The first-order valence-corrected chi connectivity index (χ1v) is 3.72. The van der Waals surface area contributed by atoms with Crippen molar-refractivity contribution in [3.8, 4) is 24.7 Å². The average Bonchev–Trinajstić information content (AvgIpc) is 1.90. The Balaban J connectivity index is 3.54. The van der Waals surface area contributed by atoms with Crippen molar-refractivity contribution in [1.82, 2.24) is 0 Å². The molecular formula is C10H14. The van der Waals surface area contributed by atoms with E-state index in [1.165, 1.54) is 6.42 Å². The highest BCUT2D eigenvalue weighted by Gasteiger charge is 2.02. The van der Waals surface area contributed by atoms with Crippen molar-refractivity contribution in [1.29, 1.82) is 0 Å². The van der Waals surface area contributed by atoms with Crippen LogP contribution < -0.4 is 0 Å². The molecule has 0 aliphatic carbocycles. The third-order valence-corrected chi connectivity index (χ3v) is 1.51. The lowest BCUT2D eigenvalue weighted by atomic mass is 9.97. The van der Waals surface area contributed by atoms with Gasteiger partial charge < -0.3 is 0 Å². The van der Waals surface area contributed by atoms with Gasteiger partial charge in [-0.15, -0.1) is 24.7 Å². The SMILES string of the molecule is C#CCC(CC#C)CCC. The number of hydrogen-bond acceptors (Lipinski definition) is 0. The summed E-state index contributed by atoms with van der Waals surface area (Å²) in [6.07, 6.45) is 14.3. The van der Waals surface area contributed by atoms with Gasteiger partial charge in [-0.2, -0.15) is 0 Å². The van der Waals surface area contributed by atoms with Gasteiger partial charge in [0.15, 0.2) is 0 Å². The fraction of sp³-hybridized carbons (Fsp3) is 0.600. The average molecular weight is 134 g/mol. The molecule has 0 aromatic rings. The smallest absolute Gasteiger partial charge is 0.0123 e. The highest BCUT2D eigenvalue weighted by Crippen LogP contribution is 2.13. The molecule has 0 aliphatic heterocycles. The zero-order chi connectivity index (χ0) is 7.82. The Morgan fingerprint density at radius 1 is 1.20 bits per heavy atom. The quantitative estimate of drug-likeness (QED) is 0.518. The van der Waals surface area contributed by atoms with Crippen LogP contribution >= 0.6 is 0 Å². The maximum atomic E-state index is 5.17. The summed E-state index contributed by atoms with van der Waals surface area (Å²) in [4.78, 5) is 0. The van der Waals surface area contributed by atoms with Crippen molar-refractivity contribution < 1.29 is 0 Å². The minimum atomic E-state index is 0.556. The molecule has 0 aliphatic rings. The topological polar surface area (TPSA) is 0 Å². The van der Waals surface area contributed by atoms with E-state index < -0.39 is 0 Å². The Labute approximate surface area is 64.0 Å². The van der Waals surface area contributed by atoms with Crippen molar-refractivity contribution in [3.05, 3.63) is 0 Å². The molecule has 10 heavy (non-hydrogen) atoms. The van der Waals surface area contributed by atoms with E-state index in [1.807, 2.05) is 0 Å². The molecule has 0 aromatic carbocycles. The van der Waals surface area contributed by atoms with Gasteiger partial charge >= 0.3 is 0 Å². The highest BCUT2D eigenvalue weighted by atomic mass is 14.1. The standard InChI is InChI=1S/C10H14/c1-4-7-10(8-5-2)9-6-3/h1-2,10H,6-9H2,3H3. The molecule has 0 saturated heterocycles. The van der Waals surface area contributed by atoms with Crippen molar-refractivity contribution in [2.24, 2.45) is 5.92 Å². The highest BCUT2D eigenvalue weighted by molar-refractivity contribution is 4.93. The summed E-state index contributed by atoms with van der Waals surface area (Å²) >= 11 is 0. The summed E-state index contributed by atoms with van der Waals surface area (Å²) in [5, 5.41) is 0. The molecular weight excluding hydrogens is 120 g/mol. The molecule has 0 unspecified atom stereocenters. The van der Waals surface area contributed by atoms with E-state index in [0.29, 0.717) is 5.92 Å². The minimum absolute atomic E-state index is 0.556. The van der Waals surface area contributed by atoms with Crippen molar-refractivity contribution >= 4 is 0 Å². The van der Waals surface area contributed by atoms with E-state index >= 15 is 0 Å². The lowest BCUT2D eigenvalue weighted by molar-refractivity contribution is 0.504. The van der Waals surface area contributed by atoms with E-state index in [4.69, 9.17) is 12.8 Å². The lowest BCUT2D eigenvalue weighted by Crippen LogP contribution is -1.96. The van der Waals surface area contributed by atoms with Gasteiger partial charge in [0.1, 0.15) is 0 Å². The first-order valence-electron chi connectivity index (χ1n) is 3.72. The second-order valence-corrected chi connectivity index (χ2v) is 2.47.